The molecule has 17 heavy (non-hydrogen) atoms. The number of nitrogens with one attached hydrogen (secondary N) is 1. The van der Waals surface area contributed by atoms with Gasteiger partial charge in [0.1, 0.15) is 17.9 Å². The zero-order valence-electron chi connectivity index (χ0n) is 9.60. The number of carbonyl (C=O) groups excluding carboxylic acids is 1. The van der Waals surface area contributed by atoms with Crippen molar-refractivity contribution in [3.63, 3.8) is 0 Å². The van der Waals surface area contributed by atoms with E-state index < -0.39 is 18.6 Å². The molecule has 0 spiro atoms. The Morgan fingerprint density at radius 2 is 2.47 bits per heavy atom. The van der Waals surface area contributed by atoms with Crippen LogP contribution in [0.4, 0.5) is 5.82 Å². The third-order valence-electron chi connectivity index (χ3n) is 2.25. The van der Waals surface area contributed by atoms with Gasteiger partial charge < -0.3 is 15.2 Å². The summed E-state index contributed by atoms with van der Waals surface area (Å²) in [6.07, 6.45) is 1.52. The Kier molecular flexibility index (Phi) is 4.43. The highest BCUT2D eigenvalue weighted by Crippen LogP contribution is 2.16. The fourth-order valence-corrected chi connectivity index (χ4v) is 1.30. The fourth-order valence-electron chi connectivity index (χ4n) is 1.30. The number of carbonyl (C=O) groups is 1. The molecule has 0 aliphatic heterocycles. The minimum atomic E-state index is -0.929. The Hall–Kier alpha value is -2.13. The standard InChI is InChI=1S/C11H13N3O3/c1-7-3-4-13-10(8(7)5-12)14-9(6-15)11(16)17-2/h3-4,9,15H,6H2,1-2H3,(H,13,14). The van der Waals surface area contributed by atoms with Crippen molar-refractivity contribution in [2.75, 3.05) is 19.0 Å². The average molecular weight is 235 g/mol. The maximum atomic E-state index is 11.3. The second-order valence-corrected chi connectivity index (χ2v) is 3.37. The molecule has 90 valence electrons. The lowest BCUT2D eigenvalue weighted by Crippen LogP contribution is -2.34. The number of nitrogens with zero attached hydrogens (tertiary/aromatic N) is 2. The van der Waals surface area contributed by atoms with E-state index in [2.05, 4.69) is 15.0 Å². The van der Waals surface area contributed by atoms with Crippen LogP contribution in [0.15, 0.2) is 12.3 Å². The van der Waals surface area contributed by atoms with Crippen molar-refractivity contribution in [1.29, 1.82) is 5.26 Å². The van der Waals surface area contributed by atoms with Crippen LogP contribution in [-0.2, 0) is 9.53 Å². The molecule has 6 nitrogen and oxygen atoms in total. The first-order chi connectivity index (χ1) is 8.13. The van der Waals surface area contributed by atoms with Gasteiger partial charge in [-0.15, -0.1) is 0 Å². The molecule has 0 aliphatic rings. The average Bonchev–Trinajstić information content (AvgIpc) is 2.35. The number of rotatable bonds is 4. The number of anilines is 1. The number of aromatic nitrogens is 1. The number of methoxy groups -OCH3 is 1. The Morgan fingerprint density at radius 1 is 1.76 bits per heavy atom. The van der Waals surface area contributed by atoms with Gasteiger partial charge >= 0.3 is 5.97 Å². The fraction of sp³-hybridized carbons (Fsp3) is 0.364. The predicted molar refractivity (Wildman–Crippen MR) is 60.2 cm³/mol. The third kappa shape index (κ3) is 2.92. The summed E-state index contributed by atoms with van der Waals surface area (Å²) >= 11 is 0. The molecule has 0 bridgehead atoms. The Bertz CT molecular complexity index is 454. The van der Waals surface area contributed by atoms with Crippen LogP contribution >= 0.6 is 0 Å². The molecule has 0 radical (unpaired) electrons. The summed E-state index contributed by atoms with van der Waals surface area (Å²) < 4.78 is 4.51. The first-order valence-corrected chi connectivity index (χ1v) is 4.95. The van der Waals surface area contributed by atoms with E-state index in [9.17, 15) is 4.79 Å². The summed E-state index contributed by atoms with van der Waals surface area (Å²) in [5, 5.41) is 20.7. The Labute approximate surface area is 98.9 Å². The van der Waals surface area contributed by atoms with Gasteiger partial charge in [-0.3, -0.25) is 0 Å². The second-order valence-electron chi connectivity index (χ2n) is 3.37. The van der Waals surface area contributed by atoms with E-state index in [1.807, 2.05) is 6.07 Å². The highest BCUT2D eigenvalue weighted by Gasteiger charge is 2.20. The topological polar surface area (TPSA) is 95.2 Å². The number of hydrogen-bond acceptors (Lipinski definition) is 6. The SMILES string of the molecule is COC(=O)C(CO)Nc1nccc(C)c1C#N. The molecule has 6 heteroatoms. The number of aryl methyl sites for hydroxylation is 1. The minimum absolute atomic E-state index is 0.261. The molecular formula is C11H13N3O3. The molecular weight excluding hydrogens is 222 g/mol. The number of nitriles is 1. The van der Waals surface area contributed by atoms with Crippen LogP contribution in [-0.4, -0.2) is 35.8 Å². The molecule has 0 amide bonds. The first kappa shape index (κ1) is 12.9. The molecule has 0 aliphatic carbocycles. The van der Waals surface area contributed by atoms with E-state index in [0.717, 1.165) is 5.56 Å². The number of hydrogen-bond donors (Lipinski definition) is 2. The zero-order chi connectivity index (χ0) is 12.8. The summed E-state index contributed by atoms with van der Waals surface area (Å²) in [5.41, 5.74) is 1.08. The van der Waals surface area contributed by atoms with Crippen molar-refractivity contribution in [3.05, 3.63) is 23.4 Å². The predicted octanol–water partition coefficient (Wildman–Crippen LogP) is 0.207. The van der Waals surface area contributed by atoms with Gasteiger partial charge in [0.25, 0.3) is 0 Å². The van der Waals surface area contributed by atoms with Crippen LogP contribution < -0.4 is 5.32 Å². The van der Waals surface area contributed by atoms with Gasteiger partial charge in [0, 0.05) is 6.20 Å². The molecule has 1 aromatic heterocycles. The van der Waals surface area contributed by atoms with Gasteiger partial charge in [-0.25, -0.2) is 9.78 Å². The largest absolute Gasteiger partial charge is 0.467 e. The number of esters is 1. The van der Waals surface area contributed by atoms with Crippen LogP contribution in [0.2, 0.25) is 0 Å². The van der Waals surface area contributed by atoms with Gasteiger partial charge in [0.15, 0.2) is 0 Å². The van der Waals surface area contributed by atoms with Gasteiger partial charge in [-0.2, -0.15) is 5.26 Å². The minimum Gasteiger partial charge on any atom is -0.467 e. The molecule has 1 unspecified atom stereocenters. The van der Waals surface area contributed by atoms with Crippen molar-refractivity contribution in [2.24, 2.45) is 0 Å². The highest BCUT2D eigenvalue weighted by molar-refractivity contribution is 5.79. The molecule has 1 aromatic rings. The van der Waals surface area contributed by atoms with E-state index in [-0.39, 0.29) is 5.82 Å². The first-order valence-electron chi connectivity index (χ1n) is 4.95. The Morgan fingerprint density at radius 3 is 3.00 bits per heavy atom. The lowest BCUT2D eigenvalue weighted by molar-refractivity contribution is -0.142. The maximum absolute atomic E-state index is 11.3. The Balaban J connectivity index is 2.98. The van der Waals surface area contributed by atoms with Gasteiger partial charge in [0.05, 0.1) is 19.3 Å². The van der Waals surface area contributed by atoms with Crippen LogP contribution in [0.25, 0.3) is 0 Å². The maximum Gasteiger partial charge on any atom is 0.330 e. The summed E-state index contributed by atoms with van der Waals surface area (Å²) in [5.74, 6) is -0.350. The monoisotopic (exact) mass is 235 g/mol. The van der Waals surface area contributed by atoms with E-state index >= 15 is 0 Å². The van der Waals surface area contributed by atoms with Gasteiger partial charge in [-0.1, -0.05) is 0 Å². The summed E-state index contributed by atoms with van der Waals surface area (Å²) in [7, 11) is 1.22. The van der Waals surface area contributed by atoms with Crippen molar-refractivity contribution in [2.45, 2.75) is 13.0 Å². The molecule has 0 fully saturated rings. The summed E-state index contributed by atoms with van der Waals surface area (Å²) in [6, 6.07) is 2.75. The number of aliphatic hydroxyl groups excluding tert-OH is 1. The molecule has 0 saturated heterocycles. The number of ether oxygens (including phenoxy) is 1. The van der Waals surface area contributed by atoms with Gasteiger partial charge in [0.2, 0.25) is 0 Å². The van der Waals surface area contributed by atoms with E-state index in [1.165, 1.54) is 13.3 Å². The van der Waals surface area contributed by atoms with E-state index in [1.54, 1.807) is 13.0 Å². The molecule has 0 saturated carbocycles. The number of aliphatic hydroxyl groups is 1. The van der Waals surface area contributed by atoms with Crippen LogP contribution in [0.3, 0.4) is 0 Å². The van der Waals surface area contributed by atoms with E-state index in [4.69, 9.17) is 10.4 Å². The summed E-state index contributed by atoms with van der Waals surface area (Å²) in [6.45, 7) is 1.32. The van der Waals surface area contributed by atoms with Crippen LogP contribution in [0, 0.1) is 18.3 Å². The van der Waals surface area contributed by atoms with Crippen molar-refractivity contribution < 1.29 is 14.6 Å². The van der Waals surface area contributed by atoms with Crippen molar-refractivity contribution >= 4 is 11.8 Å². The molecule has 1 rings (SSSR count). The normalized spacial score (nSPS) is 11.4. The molecule has 1 heterocycles. The second kappa shape index (κ2) is 5.82. The number of pyridine rings is 1. The smallest absolute Gasteiger partial charge is 0.330 e. The van der Waals surface area contributed by atoms with E-state index in [0.29, 0.717) is 5.56 Å². The molecule has 2 N–H and O–H groups in total. The lowest BCUT2D eigenvalue weighted by atomic mass is 10.1. The summed E-state index contributed by atoms with van der Waals surface area (Å²) in [4.78, 5) is 15.2. The quantitative estimate of drug-likeness (QED) is 0.724. The highest BCUT2D eigenvalue weighted by atomic mass is 16.5. The van der Waals surface area contributed by atoms with Crippen LogP contribution in [0.5, 0.6) is 0 Å². The van der Waals surface area contributed by atoms with Crippen molar-refractivity contribution in [3.8, 4) is 6.07 Å². The van der Waals surface area contributed by atoms with Crippen molar-refractivity contribution in [1.82, 2.24) is 4.98 Å². The third-order valence-corrected chi connectivity index (χ3v) is 2.25. The molecule has 1 atom stereocenters. The lowest BCUT2D eigenvalue weighted by Gasteiger charge is -2.15. The van der Waals surface area contributed by atoms with Crippen LogP contribution in [0.1, 0.15) is 11.1 Å². The molecule has 0 aromatic carbocycles. The van der Waals surface area contributed by atoms with Gasteiger partial charge in [-0.05, 0) is 18.6 Å². The zero-order valence-corrected chi connectivity index (χ0v) is 9.60.